The van der Waals surface area contributed by atoms with Crippen molar-refractivity contribution in [1.82, 2.24) is 9.80 Å². The van der Waals surface area contributed by atoms with Gasteiger partial charge in [0.1, 0.15) is 6.54 Å². The molecule has 0 aromatic heterocycles. The van der Waals surface area contributed by atoms with Crippen LogP contribution in [0.15, 0.2) is 71.6 Å². The molecular weight excluding hydrogens is 514 g/mol. The fraction of sp³-hybridized carbons (Fsp3) is 0.296. The summed E-state index contributed by atoms with van der Waals surface area (Å²) in [7, 11) is -4.01. The first-order chi connectivity index (χ1) is 17.8. The lowest BCUT2D eigenvalue weighted by Crippen LogP contribution is -2.51. The number of carbonyl (C=O) groups excluding carboxylic acids is 1. The van der Waals surface area contributed by atoms with E-state index in [0.717, 1.165) is 33.5 Å². The zero-order valence-corrected chi connectivity index (χ0v) is 22.0. The Hall–Kier alpha value is -3.27. The third-order valence-electron chi connectivity index (χ3n) is 6.58. The first kappa shape index (κ1) is 25.4. The molecule has 10 heteroatoms. The first-order valence-corrected chi connectivity index (χ1v) is 13.9. The van der Waals surface area contributed by atoms with Crippen molar-refractivity contribution in [3.63, 3.8) is 0 Å². The summed E-state index contributed by atoms with van der Waals surface area (Å²) < 4.78 is 39.2. The molecule has 5 rings (SSSR count). The van der Waals surface area contributed by atoms with Crippen molar-refractivity contribution in [2.75, 3.05) is 43.8 Å². The molecule has 2 heterocycles. The summed E-state index contributed by atoms with van der Waals surface area (Å²) >= 11 is 6.38. The van der Waals surface area contributed by atoms with Gasteiger partial charge in [0.05, 0.1) is 15.6 Å². The van der Waals surface area contributed by atoms with E-state index in [2.05, 4.69) is 4.90 Å². The van der Waals surface area contributed by atoms with Gasteiger partial charge in [-0.15, -0.1) is 0 Å². The fourth-order valence-corrected chi connectivity index (χ4v) is 6.19. The van der Waals surface area contributed by atoms with Gasteiger partial charge < -0.3 is 14.4 Å². The van der Waals surface area contributed by atoms with Gasteiger partial charge in [0, 0.05) is 32.7 Å². The number of para-hydroxylation sites is 1. The van der Waals surface area contributed by atoms with Gasteiger partial charge in [-0.25, -0.2) is 8.42 Å². The van der Waals surface area contributed by atoms with Crippen molar-refractivity contribution < 1.29 is 22.7 Å². The summed E-state index contributed by atoms with van der Waals surface area (Å²) in [6.07, 6.45) is 0. The van der Waals surface area contributed by atoms with Crippen LogP contribution in [0.4, 0.5) is 5.69 Å². The highest BCUT2D eigenvalue weighted by Gasteiger charge is 2.31. The normalized spacial score (nSPS) is 15.6. The van der Waals surface area contributed by atoms with Gasteiger partial charge in [-0.3, -0.25) is 14.0 Å². The minimum Gasteiger partial charge on any atom is -0.454 e. The van der Waals surface area contributed by atoms with E-state index >= 15 is 0 Å². The van der Waals surface area contributed by atoms with E-state index in [-0.39, 0.29) is 34.9 Å². The predicted molar refractivity (Wildman–Crippen MR) is 142 cm³/mol. The zero-order valence-electron chi connectivity index (χ0n) is 20.5. The van der Waals surface area contributed by atoms with Gasteiger partial charge in [-0.1, -0.05) is 47.5 Å². The maximum absolute atomic E-state index is 13.6. The number of anilines is 1. The third kappa shape index (κ3) is 5.53. The first-order valence-electron chi connectivity index (χ1n) is 12.0. The van der Waals surface area contributed by atoms with Gasteiger partial charge in [0.15, 0.2) is 11.5 Å². The van der Waals surface area contributed by atoms with Crippen LogP contribution < -0.4 is 13.8 Å². The van der Waals surface area contributed by atoms with Crippen LogP contribution in [0.5, 0.6) is 11.5 Å². The molecule has 3 aromatic rings. The van der Waals surface area contributed by atoms with Crippen molar-refractivity contribution in [2.24, 2.45) is 0 Å². The second-order valence-electron chi connectivity index (χ2n) is 9.12. The van der Waals surface area contributed by atoms with Crippen LogP contribution >= 0.6 is 11.6 Å². The number of piperazine rings is 1. The SMILES string of the molecule is Cc1ccc(S(=O)(=O)N(CC(=O)N2CCN(Cc3ccc4c(c3)OCO4)CC2)c2ccccc2Cl)cc1. The lowest BCUT2D eigenvalue weighted by molar-refractivity contribution is -0.131. The highest BCUT2D eigenvalue weighted by molar-refractivity contribution is 7.92. The third-order valence-corrected chi connectivity index (χ3v) is 8.67. The van der Waals surface area contributed by atoms with Crippen molar-refractivity contribution in [3.8, 4) is 11.5 Å². The maximum atomic E-state index is 13.6. The largest absolute Gasteiger partial charge is 0.454 e. The van der Waals surface area contributed by atoms with Gasteiger partial charge in [0.2, 0.25) is 12.7 Å². The quantitative estimate of drug-likeness (QED) is 0.451. The van der Waals surface area contributed by atoms with Crippen molar-refractivity contribution in [2.45, 2.75) is 18.4 Å². The summed E-state index contributed by atoms with van der Waals surface area (Å²) in [5.41, 5.74) is 2.33. The number of hydrogen-bond acceptors (Lipinski definition) is 6. The molecule has 37 heavy (non-hydrogen) atoms. The van der Waals surface area contributed by atoms with Crippen LogP contribution in [0, 0.1) is 6.92 Å². The Balaban J connectivity index is 1.28. The van der Waals surface area contributed by atoms with E-state index in [0.29, 0.717) is 26.2 Å². The van der Waals surface area contributed by atoms with Crippen LogP contribution in [0.3, 0.4) is 0 Å². The smallest absolute Gasteiger partial charge is 0.264 e. The minimum atomic E-state index is -4.01. The number of sulfonamides is 1. The summed E-state index contributed by atoms with van der Waals surface area (Å²) in [5.74, 6) is 1.24. The molecule has 2 aliphatic rings. The van der Waals surface area contributed by atoms with E-state index in [1.807, 2.05) is 25.1 Å². The molecule has 0 spiro atoms. The van der Waals surface area contributed by atoms with Crippen molar-refractivity contribution in [3.05, 3.63) is 82.9 Å². The number of halogens is 1. The predicted octanol–water partition coefficient (Wildman–Crippen LogP) is 3.92. The highest BCUT2D eigenvalue weighted by Crippen LogP contribution is 2.33. The molecule has 194 valence electrons. The molecule has 0 radical (unpaired) electrons. The second kappa shape index (κ2) is 10.6. The molecule has 0 unspecified atom stereocenters. The number of aryl methyl sites for hydroxylation is 1. The van der Waals surface area contributed by atoms with Crippen LogP contribution in [0.25, 0.3) is 0 Å². The van der Waals surface area contributed by atoms with Crippen LogP contribution in [0.1, 0.15) is 11.1 Å². The second-order valence-corrected chi connectivity index (χ2v) is 11.4. The maximum Gasteiger partial charge on any atom is 0.264 e. The number of nitrogens with zero attached hydrogens (tertiary/aromatic N) is 3. The fourth-order valence-electron chi connectivity index (χ4n) is 4.47. The number of hydrogen-bond donors (Lipinski definition) is 0. The molecule has 1 amide bonds. The molecular formula is C27H28ClN3O5S. The molecule has 2 aliphatic heterocycles. The number of carbonyl (C=O) groups is 1. The molecule has 0 aliphatic carbocycles. The average Bonchev–Trinajstić information content (AvgIpc) is 3.36. The minimum absolute atomic E-state index is 0.111. The number of amides is 1. The van der Waals surface area contributed by atoms with Crippen molar-refractivity contribution in [1.29, 1.82) is 0 Å². The summed E-state index contributed by atoms with van der Waals surface area (Å²) in [5, 5.41) is 0.263. The monoisotopic (exact) mass is 541 g/mol. The molecule has 0 N–H and O–H groups in total. The zero-order chi connectivity index (χ0) is 26.0. The van der Waals surface area contributed by atoms with Gasteiger partial charge >= 0.3 is 0 Å². The number of rotatable bonds is 7. The Morgan fingerprint density at radius 3 is 2.38 bits per heavy atom. The summed E-state index contributed by atoms with van der Waals surface area (Å²) in [6, 6.07) is 19.1. The van der Waals surface area contributed by atoms with Crippen LogP contribution in [-0.4, -0.2) is 63.6 Å². The topological polar surface area (TPSA) is 79.4 Å². The molecule has 0 atom stereocenters. The molecule has 1 saturated heterocycles. The van der Waals surface area contributed by atoms with E-state index < -0.39 is 10.0 Å². The van der Waals surface area contributed by atoms with Crippen LogP contribution in [-0.2, 0) is 21.4 Å². The molecule has 1 fully saturated rings. The Bertz CT molecular complexity index is 1390. The number of ether oxygens (including phenoxy) is 2. The summed E-state index contributed by atoms with van der Waals surface area (Å²) in [4.78, 5) is 17.4. The Morgan fingerprint density at radius 2 is 1.65 bits per heavy atom. The van der Waals surface area contributed by atoms with Gasteiger partial charge in [-0.05, 0) is 48.9 Å². The Morgan fingerprint density at radius 1 is 0.946 bits per heavy atom. The standard InChI is InChI=1S/C27H28ClN3O5S/c1-20-6-9-22(10-7-20)37(33,34)31(24-5-3-2-4-23(24)28)18-27(32)30-14-12-29(13-15-30)17-21-8-11-25-26(16-21)36-19-35-25/h2-11,16H,12-15,17-19H2,1H3. The average molecular weight is 542 g/mol. The van der Waals surface area contributed by atoms with E-state index in [4.69, 9.17) is 21.1 Å². The molecule has 8 nitrogen and oxygen atoms in total. The van der Waals surface area contributed by atoms with E-state index in [1.165, 1.54) is 0 Å². The van der Waals surface area contributed by atoms with E-state index in [1.54, 1.807) is 53.4 Å². The number of fused-ring (bicyclic) bond motifs is 1. The molecule has 3 aromatic carbocycles. The lowest BCUT2D eigenvalue weighted by Gasteiger charge is -2.36. The van der Waals surface area contributed by atoms with E-state index in [9.17, 15) is 13.2 Å². The highest BCUT2D eigenvalue weighted by atomic mass is 35.5. The Labute approximate surface area is 222 Å². The van der Waals surface area contributed by atoms with Gasteiger partial charge in [-0.2, -0.15) is 0 Å². The van der Waals surface area contributed by atoms with Gasteiger partial charge in [0.25, 0.3) is 10.0 Å². The lowest BCUT2D eigenvalue weighted by atomic mass is 10.1. The van der Waals surface area contributed by atoms with Crippen molar-refractivity contribution >= 4 is 33.2 Å². The van der Waals surface area contributed by atoms with Crippen LogP contribution in [0.2, 0.25) is 5.02 Å². The summed E-state index contributed by atoms with van der Waals surface area (Å²) in [6.45, 7) is 4.89. The molecule has 0 saturated carbocycles. The Kier molecular flexibility index (Phi) is 7.28. The number of benzene rings is 3. The molecule has 0 bridgehead atoms.